The minimum atomic E-state index is -0.134. The topological polar surface area (TPSA) is 35.6 Å². The van der Waals surface area contributed by atoms with E-state index in [1.54, 1.807) is 25.1 Å². The van der Waals surface area contributed by atoms with Crippen LogP contribution in [0.15, 0.2) is 24.3 Å². The van der Waals surface area contributed by atoms with Crippen molar-refractivity contribution >= 4 is 6.03 Å². The van der Waals surface area contributed by atoms with E-state index >= 15 is 0 Å². The Morgan fingerprint density at radius 1 is 1.33 bits per heavy atom. The highest BCUT2D eigenvalue weighted by molar-refractivity contribution is 5.73. The molecule has 5 heteroatoms. The molecule has 1 saturated heterocycles. The van der Waals surface area contributed by atoms with Crippen LogP contribution in [0.3, 0.4) is 0 Å². The fraction of sp³-hybridized carbons (Fsp3) is 0.562. The summed E-state index contributed by atoms with van der Waals surface area (Å²) < 4.78 is 13.5. The van der Waals surface area contributed by atoms with E-state index in [0.29, 0.717) is 12.5 Å². The van der Waals surface area contributed by atoms with Crippen molar-refractivity contribution in [3.8, 4) is 0 Å². The molecular weight excluding hydrogens is 269 g/mol. The number of halogens is 1. The highest BCUT2D eigenvalue weighted by Crippen LogP contribution is 2.12. The number of carbonyl (C=O) groups excluding carboxylic acids is 1. The Morgan fingerprint density at radius 2 is 2.00 bits per heavy atom. The highest BCUT2D eigenvalue weighted by atomic mass is 19.1. The number of benzene rings is 1. The van der Waals surface area contributed by atoms with Gasteiger partial charge < -0.3 is 15.1 Å². The monoisotopic (exact) mass is 293 g/mol. The Hall–Kier alpha value is -1.62. The van der Waals surface area contributed by atoms with Crippen molar-refractivity contribution in [1.29, 1.82) is 0 Å². The van der Waals surface area contributed by atoms with Gasteiger partial charge >= 0.3 is 6.03 Å². The molecule has 1 fully saturated rings. The fourth-order valence-electron chi connectivity index (χ4n) is 2.67. The van der Waals surface area contributed by atoms with Crippen LogP contribution in [0.4, 0.5) is 9.18 Å². The van der Waals surface area contributed by atoms with E-state index < -0.39 is 0 Å². The number of amides is 2. The lowest BCUT2D eigenvalue weighted by molar-refractivity contribution is 0.152. The number of piperidine rings is 1. The Kier molecular flexibility index (Phi) is 5.56. The molecule has 4 nitrogen and oxygen atoms in total. The average molecular weight is 293 g/mol. The maximum atomic E-state index is 13.5. The molecule has 1 aromatic carbocycles. The van der Waals surface area contributed by atoms with E-state index in [1.807, 2.05) is 17.0 Å². The molecule has 1 heterocycles. The van der Waals surface area contributed by atoms with E-state index in [4.69, 9.17) is 0 Å². The van der Waals surface area contributed by atoms with Gasteiger partial charge in [-0.05, 0) is 37.4 Å². The molecule has 116 valence electrons. The third-order valence-corrected chi connectivity index (χ3v) is 3.93. The Balaban J connectivity index is 1.70. The van der Waals surface area contributed by atoms with E-state index in [1.165, 1.54) is 6.07 Å². The standard InChI is InChI=1S/C16H24FN3O/c1-19(2)16(21)20-11-8-14(9-12-20)18-10-7-13-5-3-4-6-15(13)17/h3-6,14,18H,7-12H2,1-2H3. The van der Waals surface area contributed by atoms with Crippen molar-refractivity contribution < 1.29 is 9.18 Å². The van der Waals surface area contributed by atoms with Crippen molar-refractivity contribution in [3.05, 3.63) is 35.6 Å². The van der Waals surface area contributed by atoms with Gasteiger partial charge in [0, 0.05) is 33.2 Å². The number of rotatable bonds is 4. The second-order valence-electron chi connectivity index (χ2n) is 5.73. The van der Waals surface area contributed by atoms with Crippen LogP contribution in [0.25, 0.3) is 0 Å². The molecule has 1 aliphatic rings. The molecule has 1 N–H and O–H groups in total. The lowest BCUT2D eigenvalue weighted by atomic mass is 10.0. The summed E-state index contributed by atoms with van der Waals surface area (Å²) in [5.74, 6) is -0.134. The zero-order chi connectivity index (χ0) is 15.2. The van der Waals surface area contributed by atoms with Crippen LogP contribution in [0.2, 0.25) is 0 Å². The second-order valence-corrected chi connectivity index (χ2v) is 5.73. The first-order valence-corrected chi connectivity index (χ1v) is 7.51. The quantitative estimate of drug-likeness (QED) is 0.923. The second kappa shape index (κ2) is 7.41. The molecule has 0 aliphatic carbocycles. The normalized spacial score (nSPS) is 16.0. The summed E-state index contributed by atoms with van der Waals surface area (Å²) in [6, 6.07) is 7.41. The van der Waals surface area contributed by atoms with Crippen LogP contribution >= 0.6 is 0 Å². The largest absolute Gasteiger partial charge is 0.331 e. The molecule has 0 bridgehead atoms. The minimum Gasteiger partial charge on any atom is -0.331 e. The summed E-state index contributed by atoms with van der Waals surface area (Å²) in [7, 11) is 3.56. The SMILES string of the molecule is CN(C)C(=O)N1CCC(NCCc2ccccc2F)CC1. The van der Waals surface area contributed by atoms with Gasteiger partial charge in [0.2, 0.25) is 0 Å². The van der Waals surface area contributed by atoms with Crippen molar-refractivity contribution in [2.45, 2.75) is 25.3 Å². The summed E-state index contributed by atoms with van der Waals surface area (Å²) in [5, 5.41) is 3.47. The first-order valence-electron chi connectivity index (χ1n) is 7.51. The summed E-state index contributed by atoms with van der Waals surface area (Å²) in [5.41, 5.74) is 0.755. The van der Waals surface area contributed by atoms with Gasteiger partial charge in [0.05, 0.1) is 0 Å². The van der Waals surface area contributed by atoms with Gasteiger partial charge in [0.15, 0.2) is 0 Å². The van der Waals surface area contributed by atoms with Gasteiger partial charge in [0.25, 0.3) is 0 Å². The van der Waals surface area contributed by atoms with Crippen molar-refractivity contribution in [1.82, 2.24) is 15.1 Å². The number of hydrogen-bond donors (Lipinski definition) is 1. The zero-order valence-electron chi connectivity index (χ0n) is 12.8. The molecule has 21 heavy (non-hydrogen) atoms. The van der Waals surface area contributed by atoms with E-state index in [-0.39, 0.29) is 11.8 Å². The number of carbonyl (C=O) groups is 1. The number of likely N-dealkylation sites (tertiary alicyclic amines) is 1. The van der Waals surface area contributed by atoms with Gasteiger partial charge in [-0.3, -0.25) is 0 Å². The molecule has 1 aliphatic heterocycles. The number of hydrogen-bond acceptors (Lipinski definition) is 2. The number of nitrogens with one attached hydrogen (secondary N) is 1. The molecule has 0 atom stereocenters. The summed E-state index contributed by atoms with van der Waals surface area (Å²) in [4.78, 5) is 15.3. The molecule has 1 aromatic rings. The number of nitrogens with zero attached hydrogens (tertiary/aromatic N) is 2. The van der Waals surface area contributed by atoms with E-state index in [9.17, 15) is 9.18 Å². The maximum Gasteiger partial charge on any atom is 0.319 e. The molecule has 0 radical (unpaired) electrons. The fourth-order valence-corrected chi connectivity index (χ4v) is 2.67. The maximum absolute atomic E-state index is 13.5. The van der Waals surface area contributed by atoms with Gasteiger partial charge in [-0.1, -0.05) is 18.2 Å². The summed E-state index contributed by atoms with van der Waals surface area (Å²) >= 11 is 0. The summed E-state index contributed by atoms with van der Waals surface area (Å²) in [6.07, 6.45) is 2.61. The van der Waals surface area contributed by atoms with Crippen LogP contribution in [0, 0.1) is 5.82 Å². The molecule has 2 rings (SSSR count). The van der Waals surface area contributed by atoms with Crippen LogP contribution in [0.1, 0.15) is 18.4 Å². The van der Waals surface area contributed by atoms with E-state index in [0.717, 1.165) is 38.0 Å². The minimum absolute atomic E-state index is 0.0832. The van der Waals surface area contributed by atoms with E-state index in [2.05, 4.69) is 5.32 Å². The third kappa shape index (κ3) is 4.43. The van der Waals surface area contributed by atoms with Crippen LogP contribution in [0.5, 0.6) is 0 Å². The average Bonchev–Trinajstić information content (AvgIpc) is 2.49. The lowest BCUT2D eigenvalue weighted by Gasteiger charge is -2.34. The summed E-state index contributed by atoms with van der Waals surface area (Å²) in [6.45, 7) is 2.34. The van der Waals surface area contributed by atoms with Crippen LogP contribution in [-0.4, -0.2) is 55.6 Å². The Morgan fingerprint density at radius 3 is 2.62 bits per heavy atom. The van der Waals surface area contributed by atoms with Crippen molar-refractivity contribution in [2.75, 3.05) is 33.7 Å². The third-order valence-electron chi connectivity index (χ3n) is 3.93. The smallest absolute Gasteiger partial charge is 0.319 e. The van der Waals surface area contributed by atoms with Gasteiger partial charge in [-0.25, -0.2) is 9.18 Å². The molecular formula is C16H24FN3O. The number of urea groups is 1. The van der Waals surface area contributed by atoms with Crippen molar-refractivity contribution in [3.63, 3.8) is 0 Å². The predicted molar refractivity (Wildman–Crippen MR) is 81.8 cm³/mol. The van der Waals surface area contributed by atoms with Crippen LogP contribution in [-0.2, 0) is 6.42 Å². The molecule has 0 spiro atoms. The first kappa shape index (κ1) is 15.8. The lowest BCUT2D eigenvalue weighted by Crippen LogP contribution is -2.48. The molecule has 0 saturated carbocycles. The highest BCUT2D eigenvalue weighted by Gasteiger charge is 2.23. The zero-order valence-corrected chi connectivity index (χ0v) is 12.8. The van der Waals surface area contributed by atoms with Crippen molar-refractivity contribution in [2.24, 2.45) is 0 Å². The Labute approximate surface area is 125 Å². The van der Waals surface area contributed by atoms with Gasteiger partial charge in [0.1, 0.15) is 5.82 Å². The van der Waals surface area contributed by atoms with Gasteiger partial charge in [-0.15, -0.1) is 0 Å². The van der Waals surface area contributed by atoms with Crippen LogP contribution < -0.4 is 5.32 Å². The Bertz CT molecular complexity index is 470. The van der Waals surface area contributed by atoms with Gasteiger partial charge in [-0.2, -0.15) is 0 Å². The molecule has 0 unspecified atom stereocenters. The predicted octanol–water partition coefficient (Wildman–Crippen LogP) is 2.10. The first-order chi connectivity index (χ1) is 10.1. The molecule has 0 aromatic heterocycles. The molecule has 2 amide bonds.